The highest BCUT2D eigenvalue weighted by Gasteiger charge is 2.17. The van der Waals surface area contributed by atoms with E-state index in [0.29, 0.717) is 0 Å². The number of hydrogen-bond donors (Lipinski definition) is 1. The molecule has 0 saturated heterocycles. The van der Waals surface area contributed by atoms with Crippen molar-refractivity contribution in [1.82, 2.24) is 0 Å². The van der Waals surface area contributed by atoms with Crippen molar-refractivity contribution in [3.8, 4) is 0 Å². The first-order chi connectivity index (χ1) is 6.68. The molecule has 0 heterocycles. The van der Waals surface area contributed by atoms with E-state index >= 15 is 0 Å². The van der Waals surface area contributed by atoms with Crippen molar-refractivity contribution >= 4 is 16.7 Å². The van der Waals surface area contributed by atoms with Gasteiger partial charge in [-0.05, 0) is 12.8 Å². The van der Waals surface area contributed by atoms with Crippen molar-refractivity contribution < 1.29 is 23.0 Å². The van der Waals surface area contributed by atoms with Crippen molar-refractivity contribution in [2.75, 3.05) is 5.75 Å². The van der Waals surface area contributed by atoms with Gasteiger partial charge in [0.2, 0.25) is 0 Å². The van der Waals surface area contributed by atoms with Crippen LogP contribution in [0.3, 0.4) is 0 Å². The molecule has 0 spiro atoms. The number of carbonyl (C=O) groups excluding carboxylic acids is 1. The van der Waals surface area contributed by atoms with Crippen molar-refractivity contribution in [2.45, 2.75) is 38.2 Å². The third-order valence-electron chi connectivity index (χ3n) is 2.09. The van der Waals surface area contributed by atoms with E-state index in [4.69, 9.17) is 4.89 Å². The summed E-state index contributed by atoms with van der Waals surface area (Å²) in [5, 5.41) is 0. The predicted octanol–water partition coefficient (Wildman–Crippen LogP) is 0.405. The summed E-state index contributed by atoms with van der Waals surface area (Å²) < 4.78 is 20.3. The van der Waals surface area contributed by atoms with Gasteiger partial charge in [-0.3, -0.25) is 4.89 Å². The lowest BCUT2D eigenvalue weighted by atomic mass is 9.98. The van der Waals surface area contributed by atoms with Gasteiger partial charge < -0.3 is 0 Å². The number of carbonyl (C=O) groups is 1. The Morgan fingerprint density at radius 2 is 1.86 bits per heavy atom. The molecule has 0 unspecified atom stereocenters. The summed E-state index contributed by atoms with van der Waals surface area (Å²) in [6.45, 7) is 0. The Morgan fingerprint density at radius 1 is 1.21 bits per heavy atom. The van der Waals surface area contributed by atoms with Crippen LogP contribution in [0.5, 0.6) is 0 Å². The van der Waals surface area contributed by atoms with Gasteiger partial charge in [0.05, 0.1) is 0 Å². The first kappa shape index (κ1) is 11.5. The van der Waals surface area contributed by atoms with E-state index < -0.39 is 22.4 Å². The summed E-state index contributed by atoms with van der Waals surface area (Å²) in [4.78, 5) is 20.0. The third-order valence-corrected chi connectivity index (χ3v) is 2.60. The van der Waals surface area contributed by atoms with Crippen LogP contribution in [0.2, 0.25) is 0 Å². The molecule has 1 saturated carbocycles. The Hall–Kier alpha value is -0.620. The molecule has 14 heavy (non-hydrogen) atoms. The van der Waals surface area contributed by atoms with E-state index in [1.807, 2.05) is 0 Å². The first-order valence-corrected chi connectivity index (χ1v) is 6.02. The monoisotopic (exact) mass is 222 g/mol. The van der Waals surface area contributed by atoms with Gasteiger partial charge in [-0.15, -0.1) is 0 Å². The lowest BCUT2D eigenvalue weighted by Gasteiger charge is -2.19. The average Bonchev–Trinajstić information content (AvgIpc) is 2.15. The van der Waals surface area contributed by atoms with Gasteiger partial charge in [0, 0.05) is 0 Å². The molecule has 0 amide bonds. The number of rotatable bonds is 4. The molecule has 1 rings (SSSR count). The second kappa shape index (κ2) is 5.98. The molecule has 0 aromatic rings. The van der Waals surface area contributed by atoms with Crippen LogP contribution in [-0.2, 0) is 25.3 Å². The van der Waals surface area contributed by atoms with Gasteiger partial charge in [-0.25, -0.2) is 13.2 Å². The Balaban J connectivity index is 2.15. The zero-order valence-electron chi connectivity index (χ0n) is 7.81. The predicted molar refractivity (Wildman–Crippen MR) is 49.2 cm³/mol. The Morgan fingerprint density at radius 3 is 2.43 bits per heavy atom. The van der Waals surface area contributed by atoms with Crippen LogP contribution in [0.25, 0.3) is 0 Å². The van der Waals surface area contributed by atoms with Gasteiger partial charge in [-0.2, -0.15) is 4.89 Å². The molecular weight excluding hydrogens is 208 g/mol. The van der Waals surface area contributed by atoms with Gasteiger partial charge in [-0.1, -0.05) is 19.3 Å². The summed E-state index contributed by atoms with van der Waals surface area (Å²) >= 11 is 0. The van der Waals surface area contributed by atoms with Crippen LogP contribution < -0.4 is 0 Å². The minimum atomic E-state index is -2.72. The molecule has 0 radical (unpaired) electrons. The fraction of sp³-hybridized carbons (Fsp3) is 0.875. The van der Waals surface area contributed by atoms with Crippen molar-refractivity contribution in [3.63, 3.8) is 0 Å². The van der Waals surface area contributed by atoms with Crippen molar-refractivity contribution in [2.24, 2.45) is 0 Å². The smallest absolute Gasteiger partial charge is 0.297 e. The van der Waals surface area contributed by atoms with E-state index in [2.05, 4.69) is 4.89 Å². The molecule has 1 aliphatic carbocycles. The SMILES string of the molecule is O=C(C[SH](=O)=O)OOC1CCCCC1. The Labute approximate surface area is 84.3 Å². The summed E-state index contributed by atoms with van der Waals surface area (Å²) in [5.41, 5.74) is 0. The molecule has 0 aromatic carbocycles. The molecule has 0 bridgehead atoms. The number of hydrogen-bond acceptors (Lipinski definition) is 5. The molecular formula is C8H14O5S. The zero-order valence-corrected chi connectivity index (χ0v) is 8.70. The van der Waals surface area contributed by atoms with Gasteiger partial charge in [0.25, 0.3) is 0 Å². The lowest BCUT2D eigenvalue weighted by molar-refractivity contribution is -0.299. The van der Waals surface area contributed by atoms with Gasteiger partial charge >= 0.3 is 5.97 Å². The highest BCUT2D eigenvalue weighted by molar-refractivity contribution is 7.73. The quantitative estimate of drug-likeness (QED) is 0.424. The minimum absolute atomic E-state index is 0.0581. The first-order valence-electron chi connectivity index (χ1n) is 4.66. The van der Waals surface area contributed by atoms with Crippen molar-refractivity contribution in [1.29, 1.82) is 0 Å². The molecule has 1 aliphatic rings. The highest BCUT2D eigenvalue weighted by atomic mass is 32.2. The zero-order chi connectivity index (χ0) is 10.4. The Kier molecular flexibility index (Phi) is 4.89. The maximum absolute atomic E-state index is 10.8. The molecule has 1 fully saturated rings. The average molecular weight is 222 g/mol. The molecule has 0 N–H and O–H groups in total. The van der Waals surface area contributed by atoms with E-state index in [-0.39, 0.29) is 6.10 Å². The van der Waals surface area contributed by atoms with Crippen LogP contribution in [-0.4, -0.2) is 26.2 Å². The Bertz CT molecular complexity index is 246. The standard InChI is InChI=1S/C8H14O5S/c9-8(6-14(10)11)13-12-7-4-2-1-3-5-7/h7,14H,1-6H2. The molecule has 0 aromatic heterocycles. The van der Waals surface area contributed by atoms with Crippen LogP contribution >= 0.6 is 0 Å². The van der Waals surface area contributed by atoms with E-state index in [0.717, 1.165) is 25.7 Å². The van der Waals surface area contributed by atoms with Crippen LogP contribution in [0.4, 0.5) is 0 Å². The fourth-order valence-corrected chi connectivity index (χ4v) is 1.68. The van der Waals surface area contributed by atoms with Crippen molar-refractivity contribution in [3.05, 3.63) is 0 Å². The van der Waals surface area contributed by atoms with Gasteiger partial charge in [0.15, 0.2) is 10.7 Å². The third kappa shape index (κ3) is 4.57. The fourth-order valence-electron chi connectivity index (χ4n) is 1.41. The van der Waals surface area contributed by atoms with Crippen LogP contribution in [0.15, 0.2) is 0 Å². The van der Waals surface area contributed by atoms with E-state index in [9.17, 15) is 13.2 Å². The number of thiol groups is 1. The highest BCUT2D eigenvalue weighted by Crippen LogP contribution is 2.20. The maximum atomic E-state index is 10.8. The van der Waals surface area contributed by atoms with E-state index in [1.54, 1.807) is 0 Å². The maximum Gasteiger partial charge on any atom is 0.357 e. The topological polar surface area (TPSA) is 69.7 Å². The second-order valence-corrected chi connectivity index (χ2v) is 4.28. The molecule has 82 valence electrons. The van der Waals surface area contributed by atoms with E-state index in [1.165, 1.54) is 6.42 Å². The van der Waals surface area contributed by atoms with Crippen LogP contribution in [0, 0.1) is 0 Å². The summed E-state index contributed by atoms with van der Waals surface area (Å²) in [5.74, 6) is -1.45. The summed E-state index contributed by atoms with van der Waals surface area (Å²) in [6, 6.07) is 0. The molecule has 0 atom stereocenters. The summed E-state index contributed by atoms with van der Waals surface area (Å²) in [7, 11) is -2.72. The molecule has 0 aliphatic heterocycles. The second-order valence-electron chi connectivity index (χ2n) is 3.30. The lowest BCUT2D eigenvalue weighted by Crippen LogP contribution is -2.20. The molecule has 5 nitrogen and oxygen atoms in total. The summed E-state index contributed by atoms with van der Waals surface area (Å²) in [6.07, 6.45) is 5.00. The largest absolute Gasteiger partial charge is 0.357 e. The molecule has 6 heteroatoms. The van der Waals surface area contributed by atoms with Crippen LogP contribution in [0.1, 0.15) is 32.1 Å². The minimum Gasteiger partial charge on any atom is -0.297 e. The van der Waals surface area contributed by atoms with Gasteiger partial charge in [0.1, 0.15) is 11.9 Å². The normalized spacial score (nSPS) is 18.4.